The zero-order chi connectivity index (χ0) is 51.6. The molecule has 5 aromatic carbocycles. The zero-order valence-corrected chi connectivity index (χ0v) is 44.5. The van der Waals surface area contributed by atoms with Crippen molar-refractivity contribution in [3.8, 4) is 5.75 Å². The van der Waals surface area contributed by atoms with Crippen LogP contribution < -0.4 is 10.1 Å². The number of carbonyl (C=O) groups excluding carboxylic acids is 1. The predicted molar refractivity (Wildman–Crippen MR) is 289 cm³/mol. The fourth-order valence-electron chi connectivity index (χ4n) is 9.69. The molecule has 11 heteroatoms. The molecule has 5 aromatic rings. The second-order valence-corrected chi connectivity index (χ2v) is 20.2. The molecule has 0 saturated carbocycles. The minimum atomic E-state index is -0.965. The van der Waals surface area contributed by atoms with Crippen molar-refractivity contribution < 1.29 is 47.4 Å². The van der Waals surface area contributed by atoms with Crippen LogP contribution in [-0.2, 0) is 75.5 Å². The van der Waals surface area contributed by atoms with Crippen LogP contribution in [0.25, 0.3) is 0 Å². The van der Waals surface area contributed by atoms with Crippen LogP contribution in [0.1, 0.15) is 126 Å². The van der Waals surface area contributed by atoms with Crippen molar-refractivity contribution in [3.05, 3.63) is 173 Å². The highest BCUT2D eigenvalue weighted by Crippen LogP contribution is 2.35. The molecule has 1 N–H and O–H groups in total. The SMILES string of the molecule is CCCCCCOc1ccc(CCCCC(=O)N[C@@H](COC2OC(COCc3ccccc3)C(OCc3ccccc3)C(OCc3ccccc3)C2OCc2ccccc2)[C@@H]2OC(C)(C)O[C@H]2CCCCC)cc1. The number of benzene rings is 5. The van der Waals surface area contributed by atoms with Gasteiger partial charge in [-0.05, 0) is 85.9 Å². The van der Waals surface area contributed by atoms with Crippen molar-refractivity contribution in [1.29, 1.82) is 0 Å². The molecule has 7 rings (SSSR count). The van der Waals surface area contributed by atoms with Crippen molar-refractivity contribution in [2.24, 2.45) is 0 Å². The van der Waals surface area contributed by atoms with Gasteiger partial charge in [-0.2, -0.15) is 0 Å². The van der Waals surface area contributed by atoms with Crippen molar-refractivity contribution in [1.82, 2.24) is 5.32 Å². The molecule has 2 aliphatic heterocycles. The highest BCUT2D eigenvalue weighted by atomic mass is 16.8. The van der Waals surface area contributed by atoms with Crippen LogP contribution in [0, 0.1) is 0 Å². The summed E-state index contributed by atoms with van der Waals surface area (Å²) in [6, 6.07) is 48.1. The molecule has 2 heterocycles. The molecular weight excluding hydrogens is 931 g/mol. The third kappa shape index (κ3) is 19.0. The maximum atomic E-state index is 14.1. The Morgan fingerprint density at radius 1 is 0.554 bits per heavy atom. The van der Waals surface area contributed by atoms with Crippen LogP contribution in [0.3, 0.4) is 0 Å². The summed E-state index contributed by atoms with van der Waals surface area (Å²) in [6.07, 6.45) is 7.00. The van der Waals surface area contributed by atoms with Gasteiger partial charge in [-0.15, -0.1) is 0 Å². The van der Waals surface area contributed by atoms with E-state index in [1.54, 1.807) is 0 Å². The fourth-order valence-corrected chi connectivity index (χ4v) is 9.69. The Morgan fingerprint density at radius 3 is 1.70 bits per heavy atom. The van der Waals surface area contributed by atoms with E-state index >= 15 is 0 Å². The number of nitrogens with one attached hydrogen (secondary N) is 1. The Labute approximate surface area is 441 Å². The molecule has 400 valence electrons. The lowest BCUT2D eigenvalue weighted by atomic mass is 9.97. The van der Waals surface area contributed by atoms with E-state index in [9.17, 15) is 4.79 Å². The van der Waals surface area contributed by atoms with E-state index in [-0.39, 0.29) is 31.8 Å². The van der Waals surface area contributed by atoms with Crippen LogP contribution in [-0.4, -0.2) is 80.5 Å². The lowest BCUT2D eigenvalue weighted by Crippen LogP contribution is -2.62. The van der Waals surface area contributed by atoms with E-state index in [0.29, 0.717) is 26.2 Å². The standard InChI is InChI=1S/C63H83NO10/c1-5-7-9-25-41-67-53-39-37-48(38-40-53)26-23-24-36-57(65)64-54(58-55(35-14-8-6-2)73-63(3,4)74-58)46-71-62-61(70-45-52-33-21-13-22-34-52)60(69-44-51-31-19-12-20-32-51)59(68-43-50-29-17-11-18-30-50)56(72-62)47-66-42-49-27-15-10-16-28-49/h10-13,15-22,27-34,37-40,54-56,58-62H,5-9,14,23-26,35-36,41-47H2,1-4H3,(H,64,65)/t54-,55-,56?,58-,59?,60?,61?,62?/m0/s1. The van der Waals surface area contributed by atoms with E-state index in [4.69, 9.17) is 42.6 Å². The molecule has 1 amide bonds. The number of rotatable bonds is 33. The monoisotopic (exact) mass is 1010 g/mol. The number of unbranched alkanes of at least 4 members (excludes halogenated alkanes) is 6. The minimum Gasteiger partial charge on any atom is -0.494 e. The number of aryl methyl sites for hydroxylation is 1. The summed E-state index contributed by atoms with van der Waals surface area (Å²) in [5.74, 6) is -0.0275. The van der Waals surface area contributed by atoms with Gasteiger partial charge in [0.2, 0.25) is 5.91 Å². The van der Waals surface area contributed by atoms with Crippen LogP contribution in [0.15, 0.2) is 146 Å². The van der Waals surface area contributed by atoms with Gasteiger partial charge in [-0.1, -0.05) is 186 Å². The van der Waals surface area contributed by atoms with Gasteiger partial charge in [0.05, 0.1) is 58.4 Å². The van der Waals surface area contributed by atoms with E-state index in [1.807, 2.05) is 135 Å². The van der Waals surface area contributed by atoms with Crippen molar-refractivity contribution in [2.45, 2.75) is 186 Å². The molecule has 0 bridgehead atoms. The van der Waals surface area contributed by atoms with E-state index < -0.39 is 48.6 Å². The first kappa shape index (κ1) is 56.8. The summed E-state index contributed by atoms with van der Waals surface area (Å²) in [7, 11) is 0. The third-order valence-electron chi connectivity index (χ3n) is 13.6. The van der Waals surface area contributed by atoms with Crippen LogP contribution in [0.5, 0.6) is 5.75 Å². The summed E-state index contributed by atoms with van der Waals surface area (Å²) < 4.78 is 60.7. The Balaban J connectivity index is 1.12. The highest BCUT2D eigenvalue weighted by Gasteiger charge is 2.51. The Bertz CT molecular complexity index is 2270. The van der Waals surface area contributed by atoms with Gasteiger partial charge in [0.15, 0.2) is 12.1 Å². The lowest BCUT2D eigenvalue weighted by molar-refractivity contribution is -0.329. The molecule has 0 aliphatic carbocycles. The van der Waals surface area contributed by atoms with Gasteiger partial charge in [-0.3, -0.25) is 4.79 Å². The zero-order valence-electron chi connectivity index (χ0n) is 44.5. The second-order valence-electron chi connectivity index (χ2n) is 20.2. The largest absolute Gasteiger partial charge is 0.494 e. The smallest absolute Gasteiger partial charge is 0.220 e. The summed E-state index contributed by atoms with van der Waals surface area (Å²) in [5, 5.41) is 3.37. The fraction of sp³-hybridized carbons (Fsp3) is 0.508. The molecule has 2 fully saturated rings. The van der Waals surface area contributed by atoms with Crippen LogP contribution >= 0.6 is 0 Å². The summed E-state index contributed by atoms with van der Waals surface area (Å²) >= 11 is 0. The first-order valence-corrected chi connectivity index (χ1v) is 27.5. The topological polar surface area (TPSA) is 112 Å². The van der Waals surface area contributed by atoms with Gasteiger partial charge in [0, 0.05) is 6.42 Å². The number of amides is 1. The molecule has 0 spiro atoms. The van der Waals surface area contributed by atoms with Crippen molar-refractivity contribution in [3.63, 3.8) is 0 Å². The quantitative estimate of drug-likeness (QED) is 0.0408. The molecule has 5 unspecified atom stereocenters. The lowest BCUT2D eigenvalue weighted by Gasteiger charge is -2.46. The van der Waals surface area contributed by atoms with Crippen LogP contribution in [0.2, 0.25) is 0 Å². The van der Waals surface area contributed by atoms with Crippen molar-refractivity contribution in [2.75, 3.05) is 19.8 Å². The van der Waals surface area contributed by atoms with Gasteiger partial charge < -0.3 is 47.9 Å². The van der Waals surface area contributed by atoms with E-state index in [1.165, 1.54) is 24.8 Å². The molecule has 11 nitrogen and oxygen atoms in total. The minimum absolute atomic E-state index is 0.0571. The highest BCUT2D eigenvalue weighted by molar-refractivity contribution is 5.76. The summed E-state index contributed by atoms with van der Waals surface area (Å²) in [5.41, 5.74) is 5.27. The number of carbonyl (C=O) groups is 1. The first-order chi connectivity index (χ1) is 36.3. The Kier molecular flexibility index (Phi) is 23.9. The predicted octanol–water partition coefficient (Wildman–Crippen LogP) is 12.7. The van der Waals surface area contributed by atoms with Gasteiger partial charge in [0.1, 0.15) is 36.3 Å². The van der Waals surface area contributed by atoms with E-state index in [2.05, 4.69) is 43.4 Å². The van der Waals surface area contributed by atoms with Gasteiger partial charge >= 0.3 is 0 Å². The molecule has 2 aliphatic rings. The molecule has 0 aromatic heterocycles. The molecule has 74 heavy (non-hydrogen) atoms. The molecule has 2 saturated heterocycles. The molecule has 0 radical (unpaired) electrons. The molecule has 8 atom stereocenters. The molecular formula is C63H83NO10. The van der Waals surface area contributed by atoms with Gasteiger partial charge in [-0.25, -0.2) is 0 Å². The number of hydrogen-bond acceptors (Lipinski definition) is 10. The number of ether oxygens (including phenoxy) is 9. The van der Waals surface area contributed by atoms with Gasteiger partial charge in [0.25, 0.3) is 0 Å². The average molecular weight is 1010 g/mol. The summed E-state index contributed by atoms with van der Waals surface area (Å²) in [6.45, 7) is 10.5. The maximum Gasteiger partial charge on any atom is 0.220 e. The average Bonchev–Trinajstić information content (AvgIpc) is 3.74. The maximum absolute atomic E-state index is 14.1. The third-order valence-corrected chi connectivity index (χ3v) is 13.6. The number of hydrogen-bond donors (Lipinski definition) is 1. The van der Waals surface area contributed by atoms with E-state index in [0.717, 1.165) is 86.0 Å². The first-order valence-electron chi connectivity index (χ1n) is 27.5. The van der Waals surface area contributed by atoms with Crippen molar-refractivity contribution >= 4 is 5.91 Å². The Morgan fingerprint density at radius 2 is 1.11 bits per heavy atom. The van der Waals surface area contributed by atoms with Crippen LogP contribution in [0.4, 0.5) is 0 Å². The second kappa shape index (κ2) is 31.2. The normalized spacial score (nSPS) is 21.8. The summed E-state index contributed by atoms with van der Waals surface area (Å²) in [4.78, 5) is 14.1. The Hall–Kier alpha value is -4.95.